The third-order valence-electron chi connectivity index (χ3n) is 6.63. The first-order valence-corrected chi connectivity index (χ1v) is 11.4. The number of hydrogen-bond acceptors (Lipinski definition) is 4. The zero-order valence-corrected chi connectivity index (χ0v) is 19.0. The van der Waals surface area contributed by atoms with Crippen LogP contribution in [0.2, 0.25) is 0 Å². The Bertz CT molecular complexity index is 995. The van der Waals surface area contributed by atoms with Gasteiger partial charge in [0.05, 0.1) is 19.3 Å². The molecule has 2 aliphatic heterocycles. The van der Waals surface area contributed by atoms with Crippen molar-refractivity contribution < 1.29 is 27.4 Å². The summed E-state index contributed by atoms with van der Waals surface area (Å²) in [4.78, 5) is 14.9. The van der Waals surface area contributed by atoms with E-state index in [2.05, 4.69) is 12.2 Å². The van der Waals surface area contributed by atoms with Crippen LogP contribution in [0.15, 0.2) is 30.3 Å². The summed E-state index contributed by atoms with van der Waals surface area (Å²) in [6.45, 7) is 4.33. The number of likely N-dealkylation sites (tertiary alicyclic amines) is 1. The molecule has 1 aromatic heterocycles. The van der Waals surface area contributed by atoms with Crippen LogP contribution in [0.1, 0.15) is 54.4 Å². The van der Waals surface area contributed by atoms with E-state index >= 15 is 0 Å². The molecule has 33 heavy (non-hydrogen) atoms. The highest BCUT2D eigenvalue weighted by Gasteiger charge is 2.44. The van der Waals surface area contributed by atoms with E-state index in [1.807, 2.05) is 0 Å². The van der Waals surface area contributed by atoms with Gasteiger partial charge in [0.15, 0.2) is 11.5 Å². The lowest BCUT2D eigenvalue weighted by Gasteiger charge is -2.45. The van der Waals surface area contributed by atoms with E-state index in [0.29, 0.717) is 61.8 Å². The van der Waals surface area contributed by atoms with Gasteiger partial charge < -0.3 is 24.3 Å². The van der Waals surface area contributed by atoms with Crippen LogP contribution in [0, 0.1) is 0 Å². The lowest BCUT2D eigenvalue weighted by atomic mass is 9.83. The molecule has 0 radical (unpaired) electrons. The number of rotatable bonds is 6. The predicted octanol–water partition coefficient (Wildman–Crippen LogP) is 4.43. The predicted molar refractivity (Wildman–Crippen MR) is 118 cm³/mol. The van der Waals surface area contributed by atoms with Gasteiger partial charge in [0.1, 0.15) is 5.69 Å². The molecule has 0 saturated carbocycles. The molecule has 4 rings (SSSR count). The van der Waals surface area contributed by atoms with E-state index in [4.69, 9.17) is 9.47 Å². The Balaban J connectivity index is 1.47. The van der Waals surface area contributed by atoms with Crippen LogP contribution in [0.25, 0.3) is 0 Å². The van der Waals surface area contributed by atoms with Crippen molar-refractivity contribution in [3.8, 4) is 11.5 Å². The van der Waals surface area contributed by atoms with Crippen molar-refractivity contribution in [2.75, 3.05) is 33.4 Å². The second kappa shape index (κ2) is 9.29. The van der Waals surface area contributed by atoms with Crippen LogP contribution in [0.5, 0.6) is 11.5 Å². The van der Waals surface area contributed by atoms with Crippen molar-refractivity contribution in [3.63, 3.8) is 0 Å². The summed E-state index contributed by atoms with van der Waals surface area (Å²) < 4.78 is 52.7. The van der Waals surface area contributed by atoms with Gasteiger partial charge in [-0.3, -0.25) is 4.79 Å². The second-order valence-corrected chi connectivity index (χ2v) is 8.62. The molecule has 1 aromatic carbocycles. The van der Waals surface area contributed by atoms with Crippen molar-refractivity contribution in [2.24, 2.45) is 0 Å². The number of carbonyl (C=O) groups excluding carboxylic acids is 1. The standard InChI is InChI=1S/C24H30F3N3O3/c1-3-4-15-33-18-6-5-17(16-19(18)32-2)22(31)29-12-9-23(10-13-29)20-7-8-21(24(25,26)27)30(20)14-11-28-23/h5-8,16,28H,3-4,9-15H2,1-2H3. The number of piperidine rings is 1. The summed E-state index contributed by atoms with van der Waals surface area (Å²) in [5.74, 6) is 0.995. The lowest BCUT2D eigenvalue weighted by Crippen LogP contribution is -2.56. The SMILES string of the molecule is CCCCOc1ccc(C(=O)N2CCC3(CC2)NCCn2c(C(F)(F)F)ccc23)cc1OC. The lowest BCUT2D eigenvalue weighted by molar-refractivity contribution is -0.144. The molecule has 180 valence electrons. The smallest absolute Gasteiger partial charge is 0.431 e. The molecular formula is C24H30F3N3O3. The number of nitrogens with zero attached hydrogens (tertiary/aromatic N) is 2. The minimum absolute atomic E-state index is 0.120. The van der Waals surface area contributed by atoms with E-state index in [1.54, 1.807) is 36.3 Å². The molecule has 1 fully saturated rings. The number of ether oxygens (including phenoxy) is 2. The molecule has 2 aromatic rings. The van der Waals surface area contributed by atoms with E-state index in [9.17, 15) is 18.0 Å². The fourth-order valence-electron chi connectivity index (χ4n) is 4.82. The normalized spacial score (nSPS) is 17.7. The summed E-state index contributed by atoms with van der Waals surface area (Å²) in [6.07, 6.45) is -1.32. The van der Waals surface area contributed by atoms with E-state index in [0.717, 1.165) is 18.9 Å². The van der Waals surface area contributed by atoms with Gasteiger partial charge >= 0.3 is 6.18 Å². The summed E-state index contributed by atoms with van der Waals surface area (Å²) >= 11 is 0. The molecule has 1 saturated heterocycles. The van der Waals surface area contributed by atoms with E-state index in [-0.39, 0.29) is 12.5 Å². The summed E-state index contributed by atoms with van der Waals surface area (Å²) in [5.41, 5.74) is 0.00586. The number of hydrogen-bond donors (Lipinski definition) is 1. The Labute approximate surface area is 191 Å². The van der Waals surface area contributed by atoms with Crippen molar-refractivity contribution in [2.45, 2.75) is 50.9 Å². The van der Waals surface area contributed by atoms with Gasteiger partial charge in [-0.05, 0) is 49.6 Å². The molecule has 0 aliphatic carbocycles. The Morgan fingerprint density at radius 1 is 1.12 bits per heavy atom. The topological polar surface area (TPSA) is 55.7 Å². The number of halogens is 3. The maximum absolute atomic E-state index is 13.4. The van der Waals surface area contributed by atoms with Gasteiger partial charge in [-0.2, -0.15) is 13.2 Å². The first-order valence-electron chi connectivity index (χ1n) is 11.4. The molecule has 3 heterocycles. The van der Waals surface area contributed by atoms with Gasteiger partial charge in [0.2, 0.25) is 0 Å². The number of carbonyl (C=O) groups is 1. The average Bonchev–Trinajstić information content (AvgIpc) is 3.26. The van der Waals surface area contributed by atoms with E-state index in [1.165, 1.54) is 4.57 Å². The number of nitrogens with one attached hydrogen (secondary N) is 1. The average molecular weight is 466 g/mol. The molecule has 6 nitrogen and oxygen atoms in total. The largest absolute Gasteiger partial charge is 0.493 e. The van der Waals surface area contributed by atoms with Crippen LogP contribution in [0.4, 0.5) is 13.2 Å². The third kappa shape index (κ3) is 4.55. The van der Waals surface area contributed by atoms with E-state index < -0.39 is 17.4 Å². The van der Waals surface area contributed by atoms with Crippen molar-refractivity contribution in [1.29, 1.82) is 0 Å². The van der Waals surface area contributed by atoms with Gasteiger partial charge in [0.25, 0.3) is 5.91 Å². The molecule has 0 bridgehead atoms. The highest BCUT2D eigenvalue weighted by atomic mass is 19.4. The van der Waals surface area contributed by atoms with Gasteiger partial charge in [0, 0.05) is 37.4 Å². The van der Waals surface area contributed by atoms with Gasteiger partial charge in [-0.15, -0.1) is 0 Å². The zero-order chi connectivity index (χ0) is 23.6. The Hall–Kier alpha value is -2.68. The third-order valence-corrected chi connectivity index (χ3v) is 6.63. The van der Waals surface area contributed by atoms with Crippen molar-refractivity contribution in [3.05, 3.63) is 47.3 Å². The fourth-order valence-corrected chi connectivity index (χ4v) is 4.82. The fraction of sp³-hybridized carbons (Fsp3) is 0.542. The molecule has 0 atom stereocenters. The molecule has 2 aliphatic rings. The Morgan fingerprint density at radius 3 is 2.55 bits per heavy atom. The monoisotopic (exact) mass is 465 g/mol. The second-order valence-electron chi connectivity index (χ2n) is 8.62. The number of unbranched alkanes of at least 4 members (excludes halogenated alkanes) is 1. The van der Waals surface area contributed by atoms with Gasteiger partial charge in [-0.1, -0.05) is 13.3 Å². The Kier molecular flexibility index (Phi) is 6.61. The molecule has 9 heteroatoms. The maximum atomic E-state index is 13.4. The zero-order valence-electron chi connectivity index (χ0n) is 19.0. The number of amides is 1. The van der Waals surface area contributed by atoms with Crippen LogP contribution in [0.3, 0.4) is 0 Å². The van der Waals surface area contributed by atoms with Crippen molar-refractivity contribution >= 4 is 5.91 Å². The highest BCUT2D eigenvalue weighted by molar-refractivity contribution is 5.95. The molecule has 1 N–H and O–H groups in total. The molecule has 1 spiro atoms. The minimum atomic E-state index is -4.38. The highest BCUT2D eigenvalue weighted by Crippen LogP contribution is 2.40. The number of alkyl halides is 3. The van der Waals surface area contributed by atoms with Crippen LogP contribution in [-0.2, 0) is 18.3 Å². The van der Waals surface area contributed by atoms with Crippen LogP contribution in [-0.4, -0.2) is 48.7 Å². The first-order chi connectivity index (χ1) is 15.8. The summed E-state index contributed by atoms with van der Waals surface area (Å²) in [6, 6.07) is 7.91. The Morgan fingerprint density at radius 2 is 1.88 bits per heavy atom. The van der Waals surface area contributed by atoms with Crippen molar-refractivity contribution in [1.82, 2.24) is 14.8 Å². The summed E-state index contributed by atoms with van der Waals surface area (Å²) in [5, 5.41) is 3.44. The molecule has 0 unspecified atom stereocenters. The quantitative estimate of drug-likeness (QED) is 0.642. The number of aromatic nitrogens is 1. The van der Waals surface area contributed by atoms with Crippen LogP contribution >= 0.6 is 0 Å². The maximum Gasteiger partial charge on any atom is 0.431 e. The van der Waals surface area contributed by atoms with Crippen LogP contribution < -0.4 is 14.8 Å². The molecular weight excluding hydrogens is 435 g/mol. The molecule has 1 amide bonds. The minimum Gasteiger partial charge on any atom is -0.493 e. The number of methoxy groups -OCH3 is 1. The first kappa shape index (κ1) is 23.5. The number of fused-ring (bicyclic) bond motifs is 2. The van der Waals surface area contributed by atoms with Gasteiger partial charge in [-0.25, -0.2) is 0 Å². The number of benzene rings is 1. The summed E-state index contributed by atoms with van der Waals surface area (Å²) in [7, 11) is 1.54.